The summed E-state index contributed by atoms with van der Waals surface area (Å²) in [6, 6.07) is 10.1. The van der Waals surface area contributed by atoms with Crippen LogP contribution in [-0.2, 0) is 17.6 Å². The minimum Gasteiger partial charge on any atom is -0.333 e. The van der Waals surface area contributed by atoms with Crippen LogP contribution in [0.25, 0.3) is 11.0 Å². The number of para-hydroxylation sites is 2. The predicted molar refractivity (Wildman–Crippen MR) is 110 cm³/mol. The molecule has 7 heteroatoms. The Balaban J connectivity index is 1.49. The maximum absolute atomic E-state index is 12.7. The lowest BCUT2D eigenvalue weighted by Gasteiger charge is -2.09. The topological polar surface area (TPSA) is 81.6 Å². The van der Waals surface area contributed by atoms with Gasteiger partial charge in [0.15, 0.2) is 5.16 Å². The number of anilines is 1. The van der Waals surface area contributed by atoms with E-state index >= 15 is 0 Å². The second kappa shape index (κ2) is 7.75. The number of hydrogen-bond acceptors (Lipinski definition) is 5. The van der Waals surface area contributed by atoms with Crippen LogP contribution < -0.4 is 5.32 Å². The number of rotatable bonds is 4. The summed E-state index contributed by atoms with van der Waals surface area (Å²) in [5, 5.41) is 13.7. The molecular formula is C20H20N4OS2. The fourth-order valence-corrected chi connectivity index (χ4v) is 5.43. The molecule has 1 unspecified atom stereocenters. The van der Waals surface area contributed by atoms with Crippen LogP contribution in [0.4, 0.5) is 5.00 Å². The van der Waals surface area contributed by atoms with Crippen LogP contribution in [0.1, 0.15) is 42.2 Å². The Morgan fingerprint density at radius 1 is 1.33 bits per heavy atom. The number of benzene rings is 1. The highest BCUT2D eigenvalue weighted by molar-refractivity contribution is 8.00. The molecule has 0 radical (unpaired) electrons. The number of imidazole rings is 1. The zero-order valence-corrected chi connectivity index (χ0v) is 16.7. The third-order valence-corrected chi connectivity index (χ3v) is 6.99. The number of carbonyl (C=O) groups excluding carboxylic acids is 1. The fraction of sp³-hybridized carbons (Fsp3) is 0.350. The van der Waals surface area contributed by atoms with E-state index in [2.05, 4.69) is 21.4 Å². The van der Waals surface area contributed by atoms with Crippen LogP contribution in [0.15, 0.2) is 29.4 Å². The van der Waals surface area contributed by atoms with Crippen LogP contribution in [0.2, 0.25) is 0 Å². The van der Waals surface area contributed by atoms with Crippen LogP contribution in [0, 0.1) is 11.3 Å². The van der Waals surface area contributed by atoms with Gasteiger partial charge >= 0.3 is 0 Å². The van der Waals surface area contributed by atoms with E-state index in [-0.39, 0.29) is 11.2 Å². The Hall–Kier alpha value is -2.30. The number of nitrogens with zero attached hydrogens (tertiary/aromatic N) is 2. The third kappa shape index (κ3) is 3.73. The molecule has 138 valence electrons. The first-order chi connectivity index (χ1) is 13.2. The first-order valence-corrected chi connectivity index (χ1v) is 10.8. The number of fused-ring (bicyclic) bond motifs is 2. The van der Waals surface area contributed by atoms with E-state index in [1.165, 1.54) is 23.1 Å². The number of amides is 1. The lowest BCUT2D eigenvalue weighted by atomic mass is 10.1. The highest BCUT2D eigenvalue weighted by Crippen LogP contribution is 2.37. The first kappa shape index (κ1) is 18.1. The molecule has 0 spiro atoms. The van der Waals surface area contributed by atoms with Gasteiger partial charge < -0.3 is 10.3 Å². The van der Waals surface area contributed by atoms with Gasteiger partial charge in [0.1, 0.15) is 11.1 Å². The number of thioether (sulfide) groups is 1. The molecule has 0 aliphatic heterocycles. The van der Waals surface area contributed by atoms with Gasteiger partial charge in [-0.3, -0.25) is 4.79 Å². The van der Waals surface area contributed by atoms with Crippen molar-refractivity contribution >= 4 is 45.0 Å². The van der Waals surface area contributed by atoms with E-state index in [9.17, 15) is 10.1 Å². The highest BCUT2D eigenvalue weighted by atomic mass is 32.2. The van der Waals surface area contributed by atoms with Gasteiger partial charge in [0.05, 0.1) is 21.8 Å². The molecular weight excluding hydrogens is 376 g/mol. The van der Waals surface area contributed by atoms with Gasteiger partial charge in [-0.2, -0.15) is 5.26 Å². The standard InChI is InChI=1S/C20H20N4OS2/c1-12(26-20-22-15-8-5-6-9-16(15)23-20)18(25)24-19-14(11-21)13-7-3-2-4-10-17(13)27-19/h5-6,8-9,12H,2-4,7,10H2,1H3,(H,22,23)(H,24,25). The molecule has 5 nitrogen and oxygen atoms in total. The Kier molecular flexibility index (Phi) is 5.19. The summed E-state index contributed by atoms with van der Waals surface area (Å²) in [6.07, 6.45) is 5.43. The number of nitrogens with one attached hydrogen (secondary N) is 2. The van der Waals surface area contributed by atoms with Crippen LogP contribution >= 0.6 is 23.1 Å². The molecule has 1 aromatic carbocycles. The van der Waals surface area contributed by atoms with Gasteiger partial charge in [-0.1, -0.05) is 30.3 Å². The molecule has 2 N–H and O–H groups in total. The maximum atomic E-state index is 12.7. The van der Waals surface area contributed by atoms with Crippen LogP contribution in [-0.4, -0.2) is 21.1 Å². The van der Waals surface area contributed by atoms with E-state index < -0.39 is 0 Å². The summed E-state index contributed by atoms with van der Waals surface area (Å²) in [6.45, 7) is 1.86. The lowest BCUT2D eigenvalue weighted by Crippen LogP contribution is -2.22. The first-order valence-electron chi connectivity index (χ1n) is 9.12. The van der Waals surface area contributed by atoms with Crippen molar-refractivity contribution < 1.29 is 4.79 Å². The average Bonchev–Trinajstić information content (AvgIpc) is 3.13. The predicted octanol–water partition coefficient (Wildman–Crippen LogP) is 4.88. The maximum Gasteiger partial charge on any atom is 0.238 e. The summed E-state index contributed by atoms with van der Waals surface area (Å²) in [5.74, 6) is -0.103. The fourth-order valence-electron chi connectivity index (χ4n) is 3.37. The number of thiophene rings is 1. The van der Waals surface area contributed by atoms with E-state index in [0.29, 0.717) is 10.6 Å². The summed E-state index contributed by atoms with van der Waals surface area (Å²) in [7, 11) is 0. The molecule has 1 atom stereocenters. The Morgan fingerprint density at radius 3 is 2.96 bits per heavy atom. The van der Waals surface area contributed by atoms with Gasteiger partial charge in [-0.05, 0) is 50.3 Å². The molecule has 3 aromatic rings. The normalized spacial score (nSPS) is 15.0. The number of aryl methyl sites for hydroxylation is 1. The Bertz CT molecular complexity index is 997. The number of H-pyrrole nitrogens is 1. The average molecular weight is 397 g/mol. The molecule has 27 heavy (non-hydrogen) atoms. The number of hydrogen-bond donors (Lipinski definition) is 2. The SMILES string of the molecule is CC(Sc1nc2ccccc2[nH]1)C(=O)Nc1sc2c(c1C#N)CCCCC2. The quantitative estimate of drug-likeness (QED) is 0.486. The second-order valence-electron chi connectivity index (χ2n) is 6.69. The molecule has 0 bridgehead atoms. The van der Waals surface area contributed by atoms with Crippen molar-refractivity contribution in [2.24, 2.45) is 0 Å². The monoisotopic (exact) mass is 396 g/mol. The molecule has 0 saturated carbocycles. The van der Waals surface area contributed by atoms with Crippen LogP contribution in [0.5, 0.6) is 0 Å². The van der Waals surface area contributed by atoms with Crippen molar-refractivity contribution in [1.82, 2.24) is 9.97 Å². The van der Waals surface area contributed by atoms with Crippen molar-refractivity contribution in [3.63, 3.8) is 0 Å². The van der Waals surface area contributed by atoms with Gasteiger partial charge in [0, 0.05) is 4.88 Å². The highest BCUT2D eigenvalue weighted by Gasteiger charge is 2.23. The number of carbonyl (C=O) groups is 1. The summed E-state index contributed by atoms with van der Waals surface area (Å²) < 4.78 is 0. The summed E-state index contributed by atoms with van der Waals surface area (Å²) >= 11 is 2.96. The largest absolute Gasteiger partial charge is 0.333 e. The minimum atomic E-state index is -0.320. The molecule has 1 aliphatic rings. The molecule has 1 amide bonds. The summed E-state index contributed by atoms with van der Waals surface area (Å²) in [4.78, 5) is 21.7. The van der Waals surface area contributed by atoms with E-state index in [1.807, 2.05) is 31.2 Å². The van der Waals surface area contributed by atoms with Crippen LogP contribution in [0.3, 0.4) is 0 Å². The van der Waals surface area contributed by atoms with Crippen molar-refractivity contribution in [3.05, 3.63) is 40.3 Å². The molecule has 2 aromatic heterocycles. The third-order valence-electron chi connectivity index (χ3n) is 4.80. The zero-order valence-electron chi connectivity index (χ0n) is 15.0. The molecule has 2 heterocycles. The smallest absolute Gasteiger partial charge is 0.238 e. The Labute approximate surface area is 166 Å². The van der Waals surface area contributed by atoms with Crippen molar-refractivity contribution in [1.29, 1.82) is 5.26 Å². The summed E-state index contributed by atoms with van der Waals surface area (Å²) in [5.41, 5.74) is 3.65. The molecule has 0 fully saturated rings. The zero-order chi connectivity index (χ0) is 18.8. The van der Waals surface area contributed by atoms with Crippen molar-refractivity contribution in [3.8, 4) is 6.07 Å². The Morgan fingerprint density at radius 2 is 2.15 bits per heavy atom. The van der Waals surface area contributed by atoms with Gasteiger partial charge in [0.25, 0.3) is 0 Å². The number of aromatic nitrogens is 2. The van der Waals surface area contributed by atoms with Crippen molar-refractivity contribution in [2.45, 2.75) is 49.4 Å². The minimum absolute atomic E-state index is 0.103. The number of aromatic amines is 1. The number of nitriles is 1. The van der Waals surface area contributed by atoms with Gasteiger partial charge in [-0.25, -0.2) is 4.98 Å². The lowest BCUT2D eigenvalue weighted by molar-refractivity contribution is -0.115. The molecule has 4 rings (SSSR count). The second-order valence-corrected chi connectivity index (χ2v) is 9.12. The van der Waals surface area contributed by atoms with Gasteiger partial charge in [0.2, 0.25) is 5.91 Å². The molecule has 0 saturated heterocycles. The van der Waals surface area contributed by atoms with Crippen molar-refractivity contribution in [2.75, 3.05) is 5.32 Å². The van der Waals surface area contributed by atoms with E-state index in [1.54, 1.807) is 11.3 Å². The molecule has 1 aliphatic carbocycles. The van der Waals surface area contributed by atoms with Gasteiger partial charge in [-0.15, -0.1) is 11.3 Å². The van der Waals surface area contributed by atoms with E-state index in [4.69, 9.17) is 0 Å². The van der Waals surface area contributed by atoms with E-state index in [0.717, 1.165) is 47.4 Å².